The van der Waals surface area contributed by atoms with Crippen LogP contribution >= 0.6 is 18.5 Å². The molecule has 2 N–H and O–H groups in total. The number of hydrogen-bond acceptors (Lipinski definition) is 2. The molecule has 0 bridgehead atoms. The van der Waals surface area contributed by atoms with Gasteiger partial charge in [-0.1, -0.05) is 12.1 Å². The standard InChI is InChI=1S/C11H19NOP2/c13-7-1-5-12-6-4-9-2-3-10(14)8-11(9)15/h2-3,8,12-13H,1,4-7,14-15H2. The molecule has 2 unspecified atom stereocenters. The minimum absolute atomic E-state index is 0.267. The second kappa shape index (κ2) is 7.30. The summed E-state index contributed by atoms with van der Waals surface area (Å²) in [5, 5.41) is 14.4. The first-order valence-corrected chi connectivity index (χ1v) is 6.35. The van der Waals surface area contributed by atoms with E-state index in [0.717, 1.165) is 25.9 Å². The maximum atomic E-state index is 8.61. The summed E-state index contributed by atoms with van der Waals surface area (Å²) in [6.07, 6.45) is 1.87. The Kier molecular flexibility index (Phi) is 6.36. The average molecular weight is 243 g/mol. The number of nitrogens with one attached hydrogen (secondary N) is 1. The summed E-state index contributed by atoms with van der Waals surface area (Å²) in [5.41, 5.74) is 1.36. The normalized spacial score (nSPS) is 10.6. The maximum absolute atomic E-state index is 8.61. The molecular formula is C11H19NOP2. The SMILES string of the molecule is OCCCNCCc1ccc(P)cc1P. The highest BCUT2D eigenvalue weighted by atomic mass is 31.0. The van der Waals surface area contributed by atoms with Gasteiger partial charge in [-0.3, -0.25) is 0 Å². The van der Waals surface area contributed by atoms with Gasteiger partial charge in [-0.2, -0.15) is 0 Å². The first kappa shape index (κ1) is 13.1. The molecule has 0 saturated carbocycles. The van der Waals surface area contributed by atoms with Crippen molar-refractivity contribution in [2.24, 2.45) is 0 Å². The maximum Gasteiger partial charge on any atom is 0.0443 e. The Labute approximate surface area is 96.3 Å². The van der Waals surface area contributed by atoms with Gasteiger partial charge in [-0.25, -0.2) is 0 Å². The number of rotatable bonds is 6. The van der Waals surface area contributed by atoms with E-state index in [0.29, 0.717) is 0 Å². The molecule has 0 heterocycles. The van der Waals surface area contributed by atoms with Crippen molar-refractivity contribution in [2.45, 2.75) is 12.8 Å². The molecular weight excluding hydrogens is 224 g/mol. The lowest BCUT2D eigenvalue weighted by atomic mass is 10.1. The largest absolute Gasteiger partial charge is 0.396 e. The van der Waals surface area contributed by atoms with Crippen molar-refractivity contribution in [2.75, 3.05) is 19.7 Å². The molecule has 0 spiro atoms. The van der Waals surface area contributed by atoms with Crippen LogP contribution < -0.4 is 15.9 Å². The van der Waals surface area contributed by atoms with Gasteiger partial charge in [0, 0.05) is 6.61 Å². The highest BCUT2D eigenvalue weighted by molar-refractivity contribution is 7.29. The summed E-state index contributed by atoms with van der Waals surface area (Å²) < 4.78 is 0. The van der Waals surface area contributed by atoms with Gasteiger partial charge in [0.15, 0.2) is 0 Å². The minimum Gasteiger partial charge on any atom is -0.396 e. The van der Waals surface area contributed by atoms with Crippen molar-refractivity contribution in [1.82, 2.24) is 5.32 Å². The van der Waals surface area contributed by atoms with Gasteiger partial charge < -0.3 is 10.4 Å². The second-order valence-electron chi connectivity index (χ2n) is 3.54. The van der Waals surface area contributed by atoms with E-state index < -0.39 is 0 Å². The Hall–Kier alpha value is -0.000000000000000111. The Bertz CT molecular complexity index is 305. The number of aliphatic hydroxyl groups is 1. The molecule has 1 aromatic rings. The Morgan fingerprint density at radius 2 is 2.00 bits per heavy atom. The van der Waals surface area contributed by atoms with E-state index in [-0.39, 0.29) is 6.61 Å². The zero-order valence-electron chi connectivity index (χ0n) is 8.87. The van der Waals surface area contributed by atoms with Crippen molar-refractivity contribution in [3.05, 3.63) is 23.8 Å². The molecule has 1 aromatic carbocycles. The van der Waals surface area contributed by atoms with E-state index in [1.807, 2.05) is 0 Å². The van der Waals surface area contributed by atoms with E-state index in [2.05, 4.69) is 42.0 Å². The van der Waals surface area contributed by atoms with E-state index in [4.69, 9.17) is 5.11 Å². The molecule has 4 heteroatoms. The van der Waals surface area contributed by atoms with E-state index in [1.54, 1.807) is 0 Å². The molecule has 0 aliphatic rings. The third-order valence-corrected chi connectivity index (χ3v) is 3.15. The summed E-state index contributed by atoms with van der Waals surface area (Å²) in [4.78, 5) is 0. The lowest BCUT2D eigenvalue weighted by Crippen LogP contribution is -2.21. The molecule has 0 radical (unpaired) electrons. The molecule has 0 amide bonds. The van der Waals surface area contributed by atoms with E-state index in [1.165, 1.54) is 16.2 Å². The van der Waals surface area contributed by atoms with Crippen molar-refractivity contribution >= 4 is 29.1 Å². The van der Waals surface area contributed by atoms with Gasteiger partial charge in [0.05, 0.1) is 0 Å². The topological polar surface area (TPSA) is 32.3 Å². The van der Waals surface area contributed by atoms with Gasteiger partial charge in [-0.05, 0) is 48.2 Å². The zero-order chi connectivity index (χ0) is 11.1. The number of benzene rings is 1. The summed E-state index contributed by atoms with van der Waals surface area (Å²) in [6, 6.07) is 6.43. The van der Waals surface area contributed by atoms with Gasteiger partial charge in [-0.15, -0.1) is 18.5 Å². The van der Waals surface area contributed by atoms with Crippen molar-refractivity contribution < 1.29 is 5.11 Å². The highest BCUT2D eigenvalue weighted by Crippen LogP contribution is 2.01. The molecule has 0 saturated heterocycles. The van der Waals surface area contributed by atoms with Crippen molar-refractivity contribution in [1.29, 1.82) is 0 Å². The molecule has 2 atom stereocenters. The van der Waals surface area contributed by atoms with Crippen LogP contribution in [0, 0.1) is 0 Å². The van der Waals surface area contributed by atoms with Crippen LogP contribution in [0.2, 0.25) is 0 Å². The molecule has 15 heavy (non-hydrogen) atoms. The van der Waals surface area contributed by atoms with Crippen LogP contribution in [0.1, 0.15) is 12.0 Å². The lowest BCUT2D eigenvalue weighted by molar-refractivity contribution is 0.286. The molecule has 0 aliphatic carbocycles. The molecule has 0 aromatic heterocycles. The number of hydrogen-bond donors (Lipinski definition) is 2. The number of aliphatic hydroxyl groups excluding tert-OH is 1. The first-order chi connectivity index (χ1) is 7.24. The van der Waals surface area contributed by atoms with Crippen molar-refractivity contribution in [3.8, 4) is 0 Å². The molecule has 0 fully saturated rings. The molecule has 1 rings (SSSR count). The van der Waals surface area contributed by atoms with Gasteiger partial charge in [0.25, 0.3) is 0 Å². The average Bonchev–Trinajstić information content (AvgIpc) is 2.20. The fourth-order valence-electron chi connectivity index (χ4n) is 1.39. The Morgan fingerprint density at radius 1 is 1.20 bits per heavy atom. The second-order valence-corrected chi connectivity index (χ2v) is 4.82. The van der Waals surface area contributed by atoms with Crippen LogP contribution in [-0.2, 0) is 6.42 Å². The van der Waals surface area contributed by atoms with Gasteiger partial charge in [0.1, 0.15) is 0 Å². The van der Waals surface area contributed by atoms with Crippen LogP contribution in [0.15, 0.2) is 18.2 Å². The monoisotopic (exact) mass is 243 g/mol. The molecule has 84 valence electrons. The van der Waals surface area contributed by atoms with E-state index >= 15 is 0 Å². The molecule has 0 aliphatic heterocycles. The van der Waals surface area contributed by atoms with Crippen LogP contribution in [0.4, 0.5) is 0 Å². The molecule has 2 nitrogen and oxygen atoms in total. The fourth-order valence-corrected chi connectivity index (χ4v) is 2.29. The van der Waals surface area contributed by atoms with Crippen LogP contribution in [0.5, 0.6) is 0 Å². The third-order valence-electron chi connectivity index (χ3n) is 2.25. The Morgan fingerprint density at radius 3 is 2.67 bits per heavy atom. The van der Waals surface area contributed by atoms with Crippen LogP contribution in [-0.4, -0.2) is 24.8 Å². The zero-order valence-corrected chi connectivity index (χ0v) is 11.2. The van der Waals surface area contributed by atoms with E-state index in [9.17, 15) is 0 Å². The van der Waals surface area contributed by atoms with Gasteiger partial charge >= 0.3 is 0 Å². The lowest BCUT2D eigenvalue weighted by Gasteiger charge is -2.07. The third kappa shape index (κ3) is 5.04. The first-order valence-electron chi connectivity index (χ1n) is 5.19. The van der Waals surface area contributed by atoms with Crippen LogP contribution in [0.25, 0.3) is 0 Å². The summed E-state index contributed by atoms with van der Waals surface area (Å²) in [7, 11) is 5.47. The summed E-state index contributed by atoms with van der Waals surface area (Å²) >= 11 is 0. The summed E-state index contributed by atoms with van der Waals surface area (Å²) in [5.74, 6) is 0. The Balaban J connectivity index is 2.31. The predicted molar refractivity (Wildman–Crippen MR) is 73.4 cm³/mol. The van der Waals surface area contributed by atoms with Crippen molar-refractivity contribution in [3.63, 3.8) is 0 Å². The van der Waals surface area contributed by atoms with Crippen LogP contribution in [0.3, 0.4) is 0 Å². The minimum atomic E-state index is 0.267. The van der Waals surface area contributed by atoms with Gasteiger partial charge in [0.2, 0.25) is 0 Å². The summed E-state index contributed by atoms with van der Waals surface area (Å²) in [6.45, 7) is 2.13. The quantitative estimate of drug-likeness (QED) is 0.552. The smallest absolute Gasteiger partial charge is 0.0443 e. The predicted octanol–water partition coefficient (Wildman–Crippen LogP) is 0.202. The highest BCUT2D eigenvalue weighted by Gasteiger charge is 1.98. The fraction of sp³-hybridized carbons (Fsp3) is 0.455.